The summed E-state index contributed by atoms with van der Waals surface area (Å²) in [7, 11) is -0.500. The molecule has 0 fully saturated rings. The molecule has 11 heteroatoms. The summed E-state index contributed by atoms with van der Waals surface area (Å²) >= 11 is 13.6. The Labute approximate surface area is 177 Å². The van der Waals surface area contributed by atoms with Gasteiger partial charge in [-0.1, -0.05) is 47.1 Å². The zero-order valence-electron chi connectivity index (χ0n) is 15.0. The number of aromatic nitrogens is 3. The van der Waals surface area contributed by atoms with Gasteiger partial charge in [-0.05, 0) is 35.9 Å². The lowest BCUT2D eigenvalue weighted by Gasteiger charge is -2.12. The fourth-order valence-corrected chi connectivity index (χ4v) is 4.53. The summed E-state index contributed by atoms with van der Waals surface area (Å²) in [4.78, 5) is 0.233. The Balaban J connectivity index is 1.82. The zero-order valence-corrected chi connectivity index (χ0v) is 18.1. The summed E-state index contributed by atoms with van der Waals surface area (Å²) in [6.07, 6.45) is 0. The molecule has 0 saturated heterocycles. The van der Waals surface area contributed by atoms with Crippen LogP contribution in [0.1, 0.15) is 5.56 Å². The molecule has 0 unspecified atom stereocenters. The quantitative estimate of drug-likeness (QED) is 0.449. The van der Waals surface area contributed by atoms with Crippen LogP contribution in [0.4, 0.5) is 0 Å². The summed E-state index contributed by atoms with van der Waals surface area (Å²) < 4.78 is 27.1. The molecule has 3 rings (SSSR count). The van der Waals surface area contributed by atoms with Crippen LogP contribution in [0.15, 0.2) is 52.5 Å². The number of sulfonamides is 1. The Kier molecular flexibility index (Phi) is 6.21. The Morgan fingerprint density at radius 3 is 2.61 bits per heavy atom. The number of hydrogen-bond acceptors (Lipinski definition) is 6. The van der Waals surface area contributed by atoms with E-state index in [9.17, 15) is 8.42 Å². The van der Waals surface area contributed by atoms with E-state index in [1.165, 1.54) is 34.8 Å². The van der Waals surface area contributed by atoms with Crippen LogP contribution in [-0.4, -0.2) is 41.7 Å². The Hall–Kier alpha value is -1.78. The molecule has 2 aromatic carbocycles. The average Bonchev–Trinajstić information content (AvgIpc) is 3.02. The SMILES string of the molecule is CN(C)S(=O)(=O)c1cccc(CSc2nnc(-c3cc(Cl)ccc3Cl)n2N)c1. The molecule has 0 amide bonds. The van der Waals surface area contributed by atoms with Crippen molar-refractivity contribution in [2.45, 2.75) is 15.8 Å². The summed E-state index contributed by atoms with van der Waals surface area (Å²) in [5.41, 5.74) is 1.40. The van der Waals surface area contributed by atoms with Crippen LogP contribution >= 0.6 is 35.0 Å². The first-order valence-corrected chi connectivity index (χ1v) is 11.2. The average molecular weight is 458 g/mol. The molecule has 1 heterocycles. The van der Waals surface area contributed by atoms with Crippen molar-refractivity contribution in [3.05, 3.63) is 58.1 Å². The number of nitrogens with two attached hydrogens (primary N) is 1. The molecule has 0 atom stereocenters. The molecule has 3 aromatic rings. The molecule has 7 nitrogen and oxygen atoms in total. The summed E-state index contributed by atoms with van der Waals surface area (Å²) in [6, 6.07) is 11.8. The highest BCUT2D eigenvalue weighted by molar-refractivity contribution is 7.98. The topological polar surface area (TPSA) is 94.1 Å². The van der Waals surface area contributed by atoms with Crippen LogP contribution in [0.2, 0.25) is 10.0 Å². The number of rotatable bonds is 6. The normalized spacial score (nSPS) is 11.9. The van der Waals surface area contributed by atoms with Crippen LogP contribution in [-0.2, 0) is 15.8 Å². The maximum Gasteiger partial charge on any atom is 0.242 e. The maximum atomic E-state index is 12.3. The van der Waals surface area contributed by atoms with E-state index in [-0.39, 0.29) is 4.90 Å². The summed E-state index contributed by atoms with van der Waals surface area (Å²) in [5, 5.41) is 9.64. The fraction of sp³-hybridized carbons (Fsp3) is 0.176. The van der Waals surface area contributed by atoms with E-state index in [1.54, 1.807) is 36.4 Å². The van der Waals surface area contributed by atoms with Gasteiger partial charge in [-0.3, -0.25) is 0 Å². The maximum absolute atomic E-state index is 12.3. The van der Waals surface area contributed by atoms with Gasteiger partial charge in [0.1, 0.15) is 0 Å². The van der Waals surface area contributed by atoms with Gasteiger partial charge >= 0.3 is 0 Å². The second-order valence-corrected chi connectivity index (χ2v) is 9.96. The van der Waals surface area contributed by atoms with Crippen LogP contribution < -0.4 is 5.84 Å². The van der Waals surface area contributed by atoms with Gasteiger partial charge in [0.15, 0.2) is 5.82 Å². The molecule has 0 bridgehead atoms. The fourth-order valence-electron chi connectivity index (χ4n) is 2.38. The minimum absolute atomic E-state index is 0.233. The van der Waals surface area contributed by atoms with Gasteiger partial charge in [0, 0.05) is 30.4 Å². The van der Waals surface area contributed by atoms with Crippen molar-refractivity contribution in [2.75, 3.05) is 19.9 Å². The van der Waals surface area contributed by atoms with Crippen molar-refractivity contribution in [1.29, 1.82) is 0 Å². The van der Waals surface area contributed by atoms with Gasteiger partial charge in [0.2, 0.25) is 15.2 Å². The predicted molar refractivity (Wildman–Crippen MR) is 113 cm³/mol. The van der Waals surface area contributed by atoms with Gasteiger partial charge in [0.05, 0.1) is 9.92 Å². The lowest BCUT2D eigenvalue weighted by molar-refractivity contribution is 0.520. The van der Waals surface area contributed by atoms with Crippen molar-refractivity contribution >= 4 is 45.0 Å². The number of nitrogen functional groups attached to an aromatic ring is 1. The van der Waals surface area contributed by atoms with Crippen molar-refractivity contribution in [3.63, 3.8) is 0 Å². The van der Waals surface area contributed by atoms with E-state index in [0.717, 1.165) is 5.56 Å². The van der Waals surface area contributed by atoms with Crippen LogP contribution in [0.25, 0.3) is 11.4 Å². The van der Waals surface area contributed by atoms with Gasteiger partial charge < -0.3 is 5.84 Å². The molecular weight excluding hydrogens is 441 g/mol. The lowest BCUT2D eigenvalue weighted by atomic mass is 10.2. The van der Waals surface area contributed by atoms with Crippen LogP contribution in [0.3, 0.4) is 0 Å². The molecule has 28 heavy (non-hydrogen) atoms. The molecule has 0 spiro atoms. The first kappa shape index (κ1) is 20.9. The largest absolute Gasteiger partial charge is 0.335 e. The molecule has 2 N–H and O–H groups in total. The molecule has 0 saturated carbocycles. The van der Waals surface area contributed by atoms with E-state index < -0.39 is 10.0 Å². The second kappa shape index (κ2) is 8.30. The third-order valence-corrected chi connectivity index (χ3v) is 7.27. The third-order valence-electron chi connectivity index (χ3n) is 3.88. The standard InChI is InChI=1S/C17H17Cl2N5O2S2/c1-23(2)28(25,26)13-5-3-4-11(8-13)10-27-17-22-21-16(24(17)20)14-9-12(18)6-7-15(14)19/h3-9H,10,20H2,1-2H3. The van der Waals surface area contributed by atoms with Gasteiger partial charge in [-0.2, -0.15) is 0 Å². The van der Waals surface area contributed by atoms with E-state index in [4.69, 9.17) is 29.0 Å². The summed E-state index contributed by atoms with van der Waals surface area (Å²) in [5.74, 6) is 6.98. The van der Waals surface area contributed by atoms with E-state index in [2.05, 4.69) is 10.2 Å². The van der Waals surface area contributed by atoms with Crippen LogP contribution in [0.5, 0.6) is 0 Å². The zero-order chi connectivity index (χ0) is 20.5. The van der Waals surface area contributed by atoms with Gasteiger partial charge in [-0.25, -0.2) is 17.4 Å². The first-order valence-electron chi connectivity index (χ1n) is 8.00. The van der Waals surface area contributed by atoms with Gasteiger partial charge in [-0.15, -0.1) is 10.2 Å². The third kappa shape index (κ3) is 4.28. The highest BCUT2D eigenvalue weighted by Crippen LogP contribution is 2.31. The van der Waals surface area contributed by atoms with Crippen LogP contribution in [0, 0.1) is 0 Å². The van der Waals surface area contributed by atoms with Crippen molar-refractivity contribution in [3.8, 4) is 11.4 Å². The number of halogens is 2. The Bertz CT molecular complexity index is 1120. The Morgan fingerprint density at radius 1 is 1.14 bits per heavy atom. The smallest absolute Gasteiger partial charge is 0.242 e. The predicted octanol–water partition coefficient (Wildman–Crippen LogP) is 3.51. The van der Waals surface area contributed by atoms with Gasteiger partial charge in [0.25, 0.3) is 0 Å². The minimum atomic E-state index is -3.49. The minimum Gasteiger partial charge on any atom is -0.335 e. The molecule has 0 aliphatic heterocycles. The molecular formula is C17H17Cl2N5O2S2. The van der Waals surface area contributed by atoms with Crippen molar-refractivity contribution in [1.82, 2.24) is 19.2 Å². The molecule has 0 aliphatic carbocycles. The molecule has 1 aromatic heterocycles. The molecule has 0 radical (unpaired) electrons. The number of nitrogens with zero attached hydrogens (tertiary/aromatic N) is 4. The van der Waals surface area contributed by atoms with Crippen molar-refractivity contribution in [2.24, 2.45) is 0 Å². The number of benzene rings is 2. The summed E-state index contributed by atoms with van der Waals surface area (Å²) in [6.45, 7) is 0. The molecule has 0 aliphatic rings. The van der Waals surface area contributed by atoms with E-state index >= 15 is 0 Å². The van der Waals surface area contributed by atoms with Crippen molar-refractivity contribution < 1.29 is 8.42 Å². The van der Waals surface area contributed by atoms with E-state index in [0.29, 0.717) is 32.3 Å². The second-order valence-electron chi connectivity index (χ2n) is 6.02. The Morgan fingerprint density at radius 2 is 1.89 bits per heavy atom. The number of hydrogen-bond donors (Lipinski definition) is 1. The highest BCUT2D eigenvalue weighted by atomic mass is 35.5. The lowest BCUT2D eigenvalue weighted by Crippen LogP contribution is -2.22. The molecule has 148 valence electrons. The monoisotopic (exact) mass is 457 g/mol. The highest BCUT2D eigenvalue weighted by Gasteiger charge is 2.18. The van der Waals surface area contributed by atoms with E-state index in [1.807, 2.05) is 6.07 Å². The number of thioether (sulfide) groups is 1. The first-order chi connectivity index (χ1) is 13.2.